The van der Waals surface area contributed by atoms with E-state index < -0.39 is 15.8 Å². The lowest BCUT2D eigenvalue weighted by molar-refractivity contribution is 0.0696. The molecule has 106 valence electrons. The molecule has 0 amide bonds. The number of sulfone groups is 1. The first-order valence-electron chi connectivity index (χ1n) is 5.61. The predicted molar refractivity (Wildman–Crippen MR) is 73.4 cm³/mol. The molecular weight excluding hydrogens is 304 g/mol. The summed E-state index contributed by atoms with van der Waals surface area (Å²) < 4.78 is 28.9. The first-order chi connectivity index (χ1) is 9.35. The Hall–Kier alpha value is -1.79. The third kappa shape index (κ3) is 3.85. The standard InChI is InChI=1S/C13H11ClO5S/c14-11-3-1-9(2-4-11)7-20(17,18)8-12-5-10(6-19-12)13(15)16/h1-6H,7-8H2,(H,15,16). The molecule has 1 heterocycles. The molecule has 20 heavy (non-hydrogen) atoms. The van der Waals surface area contributed by atoms with Crippen LogP contribution in [0.1, 0.15) is 21.7 Å². The second kappa shape index (κ2) is 5.68. The second-order valence-electron chi connectivity index (χ2n) is 4.27. The molecule has 2 aromatic rings. The topological polar surface area (TPSA) is 84.6 Å². The Kier molecular flexibility index (Phi) is 4.15. The Bertz CT molecular complexity index is 715. The van der Waals surface area contributed by atoms with Crippen LogP contribution < -0.4 is 0 Å². The second-order valence-corrected chi connectivity index (χ2v) is 6.77. The minimum Gasteiger partial charge on any atom is -0.478 e. The first-order valence-corrected chi connectivity index (χ1v) is 7.81. The summed E-state index contributed by atoms with van der Waals surface area (Å²) in [5.74, 6) is -1.55. The zero-order chi connectivity index (χ0) is 14.8. The average Bonchev–Trinajstić information content (AvgIpc) is 2.79. The summed E-state index contributed by atoms with van der Waals surface area (Å²) in [5, 5.41) is 9.27. The first kappa shape index (κ1) is 14.6. The summed E-state index contributed by atoms with van der Waals surface area (Å²) in [6, 6.07) is 7.70. The predicted octanol–water partition coefficient (Wildman–Crippen LogP) is 2.75. The molecule has 0 atom stereocenters. The van der Waals surface area contributed by atoms with E-state index in [0.29, 0.717) is 10.6 Å². The number of rotatable bonds is 5. The molecule has 2 rings (SSSR count). The summed E-state index contributed by atoms with van der Waals surface area (Å²) >= 11 is 5.73. The zero-order valence-corrected chi connectivity index (χ0v) is 11.8. The van der Waals surface area contributed by atoms with Crippen LogP contribution in [0.25, 0.3) is 0 Å². The van der Waals surface area contributed by atoms with E-state index in [-0.39, 0.29) is 22.8 Å². The number of aromatic carboxylic acids is 1. The lowest BCUT2D eigenvalue weighted by Crippen LogP contribution is -2.07. The molecule has 0 radical (unpaired) electrons. The molecule has 0 saturated carbocycles. The summed E-state index contributed by atoms with van der Waals surface area (Å²) in [7, 11) is -3.44. The van der Waals surface area contributed by atoms with Gasteiger partial charge in [-0.3, -0.25) is 0 Å². The Labute approximate surface area is 120 Å². The fourth-order valence-electron chi connectivity index (χ4n) is 1.67. The number of benzene rings is 1. The molecule has 0 aliphatic carbocycles. The Morgan fingerprint density at radius 1 is 1.20 bits per heavy atom. The van der Waals surface area contributed by atoms with Gasteiger partial charge in [-0.15, -0.1) is 0 Å². The number of carbonyl (C=O) groups is 1. The smallest absolute Gasteiger partial charge is 0.338 e. The van der Waals surface area contributed by atoms with Crippen molar-refractivity contribution < 1.29 is 22.7 Å². The van der Waals surface area contributed by atoms with Crippen molar-refractivity contribution in [2.24, 2.45) is 0 Å². The van der Waals surface area contributed by atoms with Crippen LogP contribution in [0, 0.1) is 0 Å². The van der Waals surface area contributed by atoms with Gasteiger partial charge in [-0.2, -0.15) is 0 Å². The van der Waals surface area contributed by atoms with Crippen LogP contribution in [0.3, 0.4) is 0 Å². The molecule has 1 aromatic carbocycles. The largest absolute Gasteiger partial charge is 0.478 e. The summed E-state index contributed by atoms with van der Waals surface area (Å²) in [6.45, 7) is 0. The normalized spacial score (nSPS) is 11.4. The van der Waals surface area contributed by atoms with Crippen LogP contribution in [-0.2, 0) is 21.3 Å². The molecule has 0 bridgehead atoms. The van der Waals surface area contributed by atoms with Crippen molar-refractivity contribution in [2.45, 2.75) is 11.5 Å². The van der Waals surface area contributed by atoms with Crippen LogP contribution in [0.5, 0.6) is 0 Å². The maximum atomic E-state index is 12.0. The molecule has 0 aliphatic heterocycles. The van der Waals surface area contributed by atoms with Crippen molar-refractivity contribution in [3.63, 3.8) is 0 Å². The van der Waals surface area contributed by atoms with Gasteiger partial charge in [0.2, 0.25) is 0 Å². The van der Waals surface area contributed by atoms with Crippen LogP contribution in [0.2, 0.25) is 5.02 Å². The molecule has 0 fully saturated rings. The highest BCUT2D eigenvalue weighted by Gasteiger charge is 2.17. The van der Waals surface area contributed by atoms with Crippen molar-refractivity contribution >= 4 is 27.4 Å². The van der Waals surface area contributed by atoms with Gasteiger partial charge in [0.15, 0.2) is 9.84 Å². The van der Waals surface area contributed by atoms with Crippen molar-refractivity contribution in [2.75, 3.05) is 0 Å². The molecule has 1 N–H and O–H groups in total. The van der Waals surface area contributed by atoms with E-state index in [1.165, 1.54) is 6.07 Å². The average molecular weight is 315 g/mol. The number of carboxylic acids is 1. The monoisotopic (exact) mass is 314 g/mol. The van der Waals surface area contributed by atoms with Gasteiger partial charge in [0.25, 0.3) is 0 Å². The van der Waals surface area contributed by atoms with E-state index >= 15 is 0 Å². The summed E-state index contributed by atoms with van der Waals surface area (Å²) in [6.07, 6.45) is 1.02. The minimum atomic E-state index is -3.44. The van der Waals surface area contributed by atoms with Gasteiger partial charge in [-0.1, -0.05) is 23.7 Å². The van der Waals surface area contributed by atoms with Gasteiger partial charge in [0.1, 0.15) is 17.8 Å². The summed E-state index contributed by atoms with van der Waals surface area (Å²) in [4.78, 5) is 10.7. The molecule has 0 aliphatic rings. The molecule has 1 aromatic heterocycles. The molecule has 0 saturated heterocycles. The van der Waals surface area contributed by atoms with Crippen LogP contribution in [0.4, 0.5) is 0 Å². The van der Waals surface area contributed by atoms with Crippen LogP contribution in [0.15, 0.2) is 41.0 Å². The lowest BCUT2D eigenvalue weighted by Gasteiger charge is -2.03. The van der Waals surface area contributed by atoms with Crippen molar-refractivity contribution in [1.29, 1.82) is 0 Å². The van der Waals surface area contributed by atoms with E-state index in [2.05, 4.69) is 0 Å². The number of furan rings is 1. The molecule has 5 nitrogen and oxygen atoms in total. The third-order valence-electron chi connectivity index (χ3n) is 2.56. The van der Waals surface area contributed by atoms with Crippen LogP contribution >= 0.6 is 11.6 Å². The summed E-state index contributed by atoms with van der Waals surface area (Å²) in [5.41, 5.74) is 0.543. The SMILES string of the molecule is O=C(O)c1coc(CS(=O)(=O)Cc2ccc(Cl)cc2)c1. The van der Waals surface area contributed by atoms with E-state index in [0.717, 1.165) is 6.26 Å². The number of carboxylic acid groups (broad SMARTS) is 1. The van der Waals surface area contributed by atoms with Crippen LogP contribution in [-0.4, -0.2) is 19.5 Å². The van der Waals surface area contributed by atoms with Crippen molar-refractivity contribution in [3.8, 4) is 0 Å². The van der Waals surface area contributed by atoms with Gasteiger partial charge in [0.05, 0.1) is 11.3 Å². The number of halogens is 1. The Morgan fingerprint density at radius 2 is 1.85 bits per heavy atom. The lowest BCUT2D eigenvalue weighted by atomic mass is 10.2. The van der Waals surface area contributed by atoms with E-state index in [1.807, 2.05) is 0 Å². The molecule has 0 unspecified atom stereocenters. The highest BCUT2D eigenvalue weighted by atomic mass is 35.5. The molecule has 0 spiro atoms. The maximum absolute atomic E-state index is 12.0. The fourth-order valence-corrected chi connectivity index (χ4v) is 3.18. The highest BCUT2D eigenvalue weighted by molar-refractivity contribution is 7.89. The quantitative estimate of drug-likeness (QED) is 0.917. The maximum Gasteiger partial charge on any atom is 0.338 e. The van der Waals surface area contributed by atoms with Gasteiger partial charge in [-0.25, -0.2) is 13.2 Å². The number of hydrogen-bond acceptors (Lipinski definition) is 4. The number of hydrogen-bond donors (Lipinski definition) is 1. The van der Waals surface area contributed by atoms with Gasteiger partial charge < -0.3 is 9.52 Å². The third-order valence-corrected chi connectivity index (χ3v) is 4.31. The highest BCUT2D eigenvalue weighted by Crippen LogP contribution is 2.17. The van der Waals surface area contributed by atoms with E-state index in [4.69, 9.17) is 21.1 Å². The Morgan fingerprint density at radius 3 is 2.40 bits per heavy atom. The van der Waals surface area contributed by atoms with Gasteiger partial charge >= 0.3 is 5.97 Å². The molecular formula is C13H11ClO5S. The van der Waals surface area contributed by atoms with Crippen molar-refractivity contribution in [1.82, 2.24) is 0 Å². The van der Waals surface area contributed by atoms with E-state index in [9.17, 15) is 13.2 Å². The fraction of sp³-hybridized carbons (Fsp3) is 0.154. The Balaban J connectivity index is 2.10. The zero-order valence-electron chi connectivity index (χ0n) is 10.2. The van der Waals surface area contributed by atoms with Gasteiger partial charge in [0, 0.05) is 5.02 Å². The minimum absolute atomic E-state index is 0.0679. The molecule has 7 heteroatoms. The van der Waals surface area contributed by atoms with Gasteiger partial charge in [-0.05, 0) is 23.8 Å². The van der Waals surface area contributed by atoms with E-state index in [1.54, 1.807) is 24.3 Å². The van der Waals surface area contributed by atoms with Crippen molar-refractivity contribution in [3.05, 3.63) is 58.5 Å².